The van der Waals surface area contributed by atoms with Gasteiger partial charge in [0, 0.05) is 11.0 Å². The van der Waals surface area contributed by atoms with Crippen LogP contribution < -0.4 is 5.69 Å². The summed E-state index contributed by atoms with van der Waals surface area (Å²) in [6.45, 7) is 0.792. The lowest BCUT2D eigenvalue weighted by molar-refractivity contribution is -0.132. The van der Waals surface area contributed by atoms with Gasteiger partial charge in [0.2, 0.25) is 5.91 Å². The summed E-state index contributed by atoms with van der Waals surface area (Å²) in [6, 6.07) is 15.6. The highest BCUT2D eigenvalue weighted by Crippen LogP contribution is 2.33. The Morgan fingerprint density at radius 1 is 1.20 bits per heavy atom. The maximum absolute atomic E-state index is 12.9. The average Bonchev–Trinajstić information content (AvgIpc) is 3.20. The zero-order chi connectivity index (χ0) is 17.4. The molecule has 25 heavy (non-hydrogen) atoms. The molecular weight excluding hydrogens is 382 g/mol. The maximum atomic E-state index is 12.9. The largest absolute Gasteiger partial charge is 0.334 e. The van der Waals surface area contributed by atoms with Crippen molar-refractivity contribution in [2.45, 2.75) is 25.4 Å². The fraction of sp³-hybridized carbons (Fsp3) is 0.263. The molecule has 1 N–H and O–H groups in total. The van der Waals surface area contributed by atoms with Crippen LogP contribution in [0.4, 0.5) is 0 Å². The van der Waals surface area contributed by atoms with Crippen molar-refractivity contribution in [1.82, 2.24) is 14.5 Å². The van der Waals surface area contributed by atoms with Crippen LogP contribution >= 0.6 is 15.9 Å². The van der Waals surface area contributed by atoms with Crippen LogP contribution in [0.15, 0.2) is 57.8 Å². The number of carbonyl (C=O) groups is 1. The van der Waals surface area contributed by atoms with Gasteiger partial charge in [0.05, 0.1) is 17.1 Å². The molecule has 4 rings (SSSR count). The number of likely N-dealkylation sites (tertiary alicyclic amines) is 1. The third kappa shape index (κ3) is 3.02. The molecule has 1 saturated heterocycles. The number of aromatic nitrogens is 2. The average molecular weight is 400 g/mol. The van der Waals surface area contributed by atoms with Gasteiger partial charge < -0.3 is 9.88 Å². The van der Waals surface area contributed by atoms with Crippen molar-refractivity contribution in [2.75, 3.05) is 6.54 Å². The van der Waals surface area contributed by atoms with E-state index >= 15 is 0 Å². The number of amides is 1. The highest BCUT2D eigenvalue weighted by molar-refractivity contribution is 9.10. The first-order chi connectivity index (χ1) is 12.1. The highest BCUT2D eigenvalue weighted by atomic mass is 79.9. The number of halogens is 1. The van der Waals surface area contributed by atoms with E-state index in [4.69, 9.17) is 0 Å². The minimum absolute atomic E-state index is 0.0191. The van der Waals surface area contributed by atoms with Gasteiger partial charge in [-0.3, -0.25) is 9.36 Å². The summed E-state index contributed by atoms with van der Waals surface area (Å²) in [5, 5.41) is 0. The number of hydrogen-bond acceptors (Lipinski definition) is 2. The van der Waals surface area contributed by atoms with E-state index in [-0.39, 0.29) is 24.2 Å². The smallest absolute Gasteiger partial charge is 0.326 e. The normalized spacial score (nSPS) is 17.3. The van der Waals surface area contributed by atoms with Gasteiger partial charge in [-0.15, -0.1) is 0 Å². The van der Waals surface area contributed by atoms with Gasteiger partial charge in [0.15, 0.2) is 0 Å². The molecular formula is C19H18BrN3O2. The predicted octanol–water partition coefficient (Wildman–Crippen LogP) is 3.46. The molecule has 1 fully saturated rings. The molecule has 1 aliphatic heterocycles. The number of hydrogen-bond donors (Lipinski definition) is 1. The van der Waals surface area contributed by atoms with Crippen LogP contribution in [0, 0.1) is 0 Å². The molecule has 1 aromatic heterocycles. The van der Waals surface area contributed by atoms with Gasteiger partial charge in [0.25, 0.3) is 0 Å². The Balaban J connectivity index is 1.62. The number of nitrogens with one attached hydrogen (secondary N) is 1. The number of fused-ring (bicyclic) bond motifs is 1. The van der Waals surface area contributed by atoms with Gasteiger partial charge >= 0.3 is 5.69 Å². The van der Waals surface area contributed by atoms with Gasteiger partial charge in [-0.1, -0.05) is 40.2 Å². The predicted molar refractivity (Wildman–Crippen MR) is 100 cm³/mol. The Bertz CT molecular complexity index is 991. The summed E-state index contributed by atoms with van der Waals surface area (Å²) in [7, 11) is 0. The van der Waals surface area contributed by atoms with Crippen LogP contribution in [0.25, 0.3) is 11.0 Å². The highest BCUT2D eigenvalue weighted by Gasteiger charge is 2.30. The molecule has 1 atom stereocenters. The SMILES string of the molecule is O=C(Cn1c(=O)[nH]c2ccccc21)N1CCCC1c1cccc(Br)c1. The van der Waals surface area contributed by atoms with Gasteiger partial charge in [-0.05, 0) is 42.7 Å². The Kier molecular flexibility index (Phi) is 4.21. The lowest BCUT2D eigenvalue weighted by Gasteiger charge is -2.25. The van der Waals surface area contributed by atoms with Crippen molar-refractivity contribution in [3.63, 3.8) is 0 Å². The van der Waals surface area contributed by atoms with E-state index < -0.39 is 0 Å². The number of aromatic amines is 1. The van der Waals surface area contributed by atoms with E-state index in [1.165, 1.54) is 4.57 Å². The maximum Gasteiger partial charge on any atom is 0.326 e. The van der Waals surface area contributed by atoms with Gasteiger partial charge in [-0.25, -0.2) is 4.79 Å². The molecule has 2 aromatic carbocycles. The zero-order valence-electron chi connectivity index (χ0n) is 13.6. The zero-order valence-corrected chi connectivity index (χ0v) is 15.2. The topological polar surface area (TPSA) is 58.1 Å². The first-order valence-corrected chi connectivity index (χ1v) is 9.15. The third-order valence-corrected chi connectivity index (χ3v) is 5.27. The molecule has 3 aromatic rings. The molecule has 1 amide bonds. The van der Waals surface area contributed by atoms with E-state index in [9.17, 15) is 9.59 Å². The molecule has 0 aliphatic carbocycles. The summed E-state index contributed by atoms with van der Waals surface area (Å²) in [5.41, 5.74) is 2.41. The Labute approximate surface area is 153 Å². The minimum Gasteiger partial charge on any atom is -0.334 e. The van der Waals surface area contributed by atoms with E-state index in [1.54, 1.807) is 0 Å². The second kappa shape index (κ2) is 6.52. The Morgan fingerprint density at radius 3 is 2.88 bits per heavy atom. The lowest BCUT2D eigenvalue weighted by atomic mass is 10.0. The summed E-state index contributed by atoms with van der Waals surface area (Å²) in [4.78, 5) is 29.8. The standard InChI is InChI=1S/C19H18BrN3O2/c20-14-6-3-5-13(11-14)16-9-4-10-22(16)18(24)12-23-17-8-2-1-7-15(17)21-19(23)25/h1-3,5-8,11,16H,4,9-10,12H2,(H,21,25). The fourth-order valence-electron chi connectivity index (χ4n) is 3.62. The van der Waals surface area contributed by atoms with Crippen LogP contribution in [0.5, 0.6) is 0 Å². The van der Waals surface area contributed by atoms with E-state index in [0.29, 0.717) is 0 Å². The number of benzene rings is 2. The molecule has 1 aliphatic rings. The van der Waals surface area contributed by atoms with E-state index in [0.717, 1.165) is 40.5 Å². The molecule has 2 heterocycles. The molecule has 0 saturated carbocycles. The second-order valence-corrected chi connectivity index (χ2v) is 7.25. The van der Waals surface area contributed by atoms with Crippen LogP contribution in [-0.4, -0.2) is 26.9 Å². The van der Waals surface area contributed by atoms with Crippen LogP contribution in [0.1, 0.15) is 24.4 Å². The molecule has 6 heteroatoms. The van der Waals surface area contributed by atoms with Crippen LogP contribution in [0.2, 0.25) is 0 Å². The summed E-state index contributed by atoms with van der Waals surface area (Å²) < 4.78 is 2.53. The van der Waals surface area contributed by atoms with Gasteiger partial charge in [0.1, 0.15) is 6.54 Å². The number of H-pyrrole nitrogens is 1. The summed E-state index contributed by atoms with van der Waals surface area (Å²) in [6.07, 6.45) is 1.93. The Hall–Kier alpha value is -2.34. The van der Waals surface area contributed by atoms with Crippen molar-refractivity contribution in [3.05, 3.63) is 69.1 Å². The first-order valence-electron chi connectivity index (χ1n) is 8.36. The van der Waals surface area contributed by atoms with Crippen molar-refractivity contribution < 1.29 is 4.79 Å². The molecule has 128 valence electrons. The number of nitrogens with zero attached hydrogens (tertiary/aromatic N) is 2. The quantitative estimate of drug-likeness (QED) is 0.732. The summed E-state index contributed by atoms with van der Waals surface area (Å²) in [5.74, 6) is -0.0191. The number of rotatable bonds is 3. The number of carbonyl (C=O) groups excluding carboxylic acids is 1. The molecule has 5 nitrogen and oxygen atoms in total. The van der Waals surface area contributed by atoms with Crippen molar-refractivity contribution >= 4 is 32.9 Å². The first kappa shape index (κ1) is 16.1. The van der Waals surface area contributed by atoms with Crippen LogP contribution in [0.3, 0.4) is 0 Å². The monoisotopic (exact) mass is 399 g/mol. The summed E-state index contributed by atoms with van der Waals surface area (Å²) >= 11 is 3.50. The van der Waals surface area contributed by atoms with Crippen LogP contribution in [-0.2, 0) is 11.3 Å². The van der Waals surface area contributed by atoms with E-state index in [2.05, 4.69) is 33.0 Å². The number of imidazole rings is 1. The van der Waals surface area contributed by atoms with Gasteiger partial charge in [-0.2, -0.15) is 0 Å². The fourth-order valence-corrected chi connectivity index (χ4v) is 4.03. The molecule has 0 spiro atoms. The lowest BCUT2D eigenvalue weighted by Crippen LogP contribution is -2.35. The minimum atomic E-state index is -0.243. The number of para-hydroxylation sites is 2. The molecule has 0 radical (unpaired) electrons. The molecule has 1 unspecified atom stereocenters. The third-order valence-electron chi connectivity index (χ3n) is 4.78. The second-order valence-electron chi connectivity index (χ2n) is 6.33. The van der Waals surface area contributed by atoms with Crippen molar-refractivity contribution in [3.8, 4) is 0 Å². The Morgan fingerprint density at radius 2 is 2.04 bits per heavy atom. The van der Waals surface area contributed by atoms with E-state index in [1.807, 2.05) is 41.3 Å². The van der Waals surface area contributed by atoms with Crippen molar-refractivity contribution in [1.29, 1.82) is 0 Å². The molecule has 0 bridgehead atoms. The van der Waals surface area contributed by atoms with Crippen molar-refractivity contribution in [2.24, 2.45) is 0 Å².